The summed E-state index contributed by atoms with van der Waals surface area (Å²) in [5.74, 6) is -2.54. The van der Waals surface area contributed by atoms with E-state index in [1.807, 2.05) is 0 Å². The van der Waals surface area contributed by atoms with Crippen molar-refractivity contribution in [1.29, 1.82) is 0 Å². The van der Waals surface area contributed by atoms with Crippen LogP contribution in [0.1, 0.15) is 0 Å². The molecule has 0 spiro atoms. The molecule has 0 saturated carbocycles. The summed E-state index contributed by atoms with van der Waals surface area (Å²) in [6.45, 7) is 0. The molecule has 0 aliphatic rings. The number of hydrogen-bond acceptors (Lipinski definition) is 6. The molecule has 1 heterocycles. The standard InChI is InChI=1S/C3HF2N5O4/c4-8(5)1-2(9(11)12)6-7-3(1)10(13)14/h(H,6,7). The first kappa shape index (κ1) is 9.76. The summed E-state index contributed by atoms with van der Waals surface area (Å²) in [4.78, 5) is 17.7. The smallest absolute Gasteiger partial charge is 0.358 e. The van der Waals surface area contributed by atoms with Crippen molar-refractivity contribution in [3.8, 4) is 0 Å². The summed E-state index contributed by atoms with van der Waals surface area (Å²) in [6, 6.07) is 0. The van der Waals surface area contributed by atoms with Gasteiger partial charge in [0.25, 0.3) is 0 Å². The van der Waals surface area contributed by atoms with Gasteiger partial charge in [0.1, 0.15) is 5.10 Å². The maximum Gasteiger partial charge on any atom is 0.449 e. The molecule has 0 saturated heterocycles. The Morgan fingerprint density at radius 3 is 2.21 bits per heavy atom. The quantitative estimate of drug-likeness (QED) is 0.446. The van der Waals surface area contributed by atoms with E-state index < -0.39 is 32.5 Å². The molecule has 0 bridgehead atoms. The third-order valence-electron chi connectivity index (χ3n) is 1.23. The lowest BCUT2D eigenvalue weighted by Crippen LogP contribution is -2.02. The van der Waals surface area contributed by atoms with Crippen molar-refractivity contribution >= 4 is 17.3 Å². The fourth-order valence-corrected chi connectivity index (χ4v) is 0.728. The molecule has 11 heteroatoms. The number of nitro groups is 2. The van der Waals surface area contributed by atoms with E-state index in [0.717, 1.165) is 0 Å². The highest BCUT2D eigenvalue weighted by Crippen LogP contribution is 2.35. The van der Waals surface area contributed by atoms with Crippen molar-refractivity contribution in [3.63, 3.8) is 0 Å². The van der Waals surface area contributed by atoms with E-state index in [9.17, 15) is 29.2 Å². The van der Waals surface area contributed by atoms with Gasteiger partial charge < -0.3 is 20.2 Å². The molecule has 0 radical (unpaired) electrons. The Labute approximate surface area is 73.1 Å². The first-order valence-electron chi connectivity index (χ1n) is 2.94. The fraction of sp³-hybridized carbons (Fsp3) is 0. The van der Waals surface area contributed by atoms with E-state index in [-0.39, 0.29) is 0 Å². The molecule has 0 unspecified atom stereocenters. The molecule has 0 aromatic carbocycles. The predicted molar refractivity (Wildman–Crippen MR) is 36.6 cm³/mol. The van der Waals surface area contributed by atoms with Crippen molar-refractivity contribution < 1.29 is 18.8 Å². The van der Waals surface area contributed by atoms with Gasteiger partial charge in [-0.3, -0.25) is 0 Å². The lowest BCUT2D eigenvalue weighted by Gasteiger charge is -1.96. The van der Waals surface area contributed by atoms with Crippen LogP contribution in [0.25, 0.3) is 0 Å². The molecule has 0 amide bonds. The van der Waals surface area contributed by atoms with Gasteiger partial charge in [0.15, 0.2) is 0 Å². The molecule has 9 nitrogen and oxygen atoms in total. The van der Waals surface area contributed by atoms with Gasteiger partial charge in [-0.05, 0) is 20.3 Å². The van der Waals surface area contributed by atoms with E-state index in [4.69, 9.17) is 0 Å². The fourth-order valence-electron chi connectivity index (χ4n) is 0.728. The van der Waals surface area contributed by atoms with Gasteiger partial charge >= 0.3 is 17.3 Å². The molecule has 1 N–H and O–H groups in total. The SMILES string of the molecule is O=[N+]([O-])c1n[nH]c([N+](=O)[O-])c1N(F)F. The van der Waals surface area contributed by atoms with Crippen LogP contribution in [0.5, 0.6) is 0 Å². The molecule has 76 valence electrons. The third kappa shape index (κ3) is 1.41. The van der Waals surface area contributed by atoms with Crippen LogP contribution in [0.15, 0.2) is 0 Å². The molecule has 0 fully saturated rings. The molecule has 0 aliphatic carbocycles. The van der Waals surface area contributed by atoms with Crippen molar-refractivity contribution in [2.24, 2.45) is 0 Å². The summed E-state index contributed by atoms with van der Waals surface area (Å²) in [6.07, 6.45) is 0. The van der Waals surface area contributed by atoms with E-state index >= 15 is 0 Å². The van der Waals surface area contributed by atoms with Gasteiger partial charge in [0, 0.05) is 0 Å². The van der Waals surface area contributed by atoms with Gasteiger partial charge in [-0.15, -0.1) is 0 Å². The first-order chi connectivity index (χ1) is 6.45. The number of anilines is 1. The number of halogens is 2. The number of aromatic amines is 1. The van der Waals surface area contributed by atoms with Crippen molar-refractivity contribution in [2.45, 2.75) is 0 Å². The van der Waals surface area contributed by atoms with Crippen LogP contribution in [0, 0.1) is 20.2 Å². The number of nitrogens with zero attached hydrogens (tertiary/aromatic N) is 4. The van der Waals surface area contributed by atoms with Crippen LogP contribution in [0.4, 0.5) is 26.3 Å². The zero-order chi connectivity index (χ0) is 10.9. The average molecular weight is 209 g/mol. The molecular weight excluding hydrogens is 208 g/mol. The minimum absolute atomic E-state index is 1.23. The summed E-state index contributed by atoms with van der Waals surface area (Å²) < 4.78 is 24.0. The highest BCUT2D eigenvalue weighted by Gasteiger charge is 2.37. The van der Waals surface area contributed by atoms with E-state index in [1.54, 1.807) is 0 Å². The summed E-state index contributed by atoms with van der Waals surface area (Å²) in [5.41, 5.74) is -1.47. The number of nitrogens with one attached hydrogen (secondary N) is 1. The highest BCUT2D eigenvalue weighted by molar-refractivity contribution is 5.67. The zero-order valence-electron chi connectivity index (χ0n) is 6.18. The van der Waals surface area contributed by atoms with Crippen molar-refractivity contribution in [1.82, 2.24) is 10.2 Å². The topological polar surface area (TPSA) is 118 Å². The third-order valence-corrected chi connectivity index (χ3v) is 1.23. The summed E-state index contributed by atoms with van der Waals surface area (Å²) >= 11 is 0. The van der Waals surface area contributed by atoms with E-state index in [0.29, 0.717) is 0 Å². The molecule has 1 aromatic heterocycles. The van der Waals surface area contributed by atoms with Gasteiger partial charge in [-0.25, -0.2) is 0 Å². The van der Waals surface area contributed by atoms with Crippen LogP contribution in [0.3, 0.4) is 0 Å². The Morgan fingerprint density at radius 2 is 1.86 bits per heavy atom. The van der Waals surface area contributed by atoms with Crippen LogP contribution >= 0.6 is 0 Å². The maximum absolute atomic E-state index is 12.0. The van der Waals surface area contributed by atoms with Crippen LogP contribution in [0.2, 0.25) is 0 Å². The average Bonchev–Trinajstić information content (AvgIpc) is 2.46. The second kappa shape index (κ2) is 3.20. The van der Waals surface area contributed by atoms with E-state index in [2.05, 4.69) is 5.10 Å². The Balaban J connectivity index is 3.35. The predicted octanol–water partition coefficient (Wildman–Crippen LogP) is 0.801. The van der Waals surface area contributed by atoms with Crippen LogP contribution in [-0.2, 0) is 0 Å². The Morgan fingerprint density at radius 1 is 1.29 bits per heavy atom. The van der Waals surface area contributed by atoms with Gasteiger partial charge in [-0.2, -0.15) is 0 Å². The maximum atomic E-state index is 12.0. The van der Waals surface area contributed by atoms with Crippen molar-refractivity contribution in [2.75, 3.05) is 5.34 Å². The van der Waals surface area contributed by atoms with Crippen LogP contribution < -0.4 is 5.34 Å². The summed E-state index contributed by atoms with van der Waals surface area (Å²) in [7, 11) is 0. The second-order valence-corrected chi connectivity index (χ2v) is 1.99. The highest BCUT2D eigenvalue weighted by atomic mass is 19.4. The monoisotopic (exact) mass is 209 g/mol. The Kier molecular flexibility index (Phi) is 2.23. The van der Waals surface area contributed by atoms with E-state index in [1.165, 1.54) is 5.10 Å². The molecule has 1 rings (SSSR count). The molecule has 14 heavy (non-hydrogen) atoms. The second-order valence-electron chi connectivity index (χ2n) is 1.99. The number of aromatic nitrogens is 2. The lowest BCUT2D eigenvalue weighted by atomic mass is 10.5. The Bertz CT molecular complexity index is 357. The van der Waals surface area contributed by atoms with Gasteiger partial charge in [-0.1, -0.05) is 8.96 Å². The van der Waals surface area contributed by atoms with Gasteiger partial charge in [0.2, 0.25) is 0 Å². The molecular formula is C3HF2N5O4. The van der Waals surface area contributed by atoms with Crippen LogP contribution in [-0.4, -0.2) is 20.0 Å². The molecule has 1 aromatic rings. The zero-order valence-corrected chi connectivity index (χ0v) is 6.18. The minimum atomic E-state index is -1.74. The normalized spacial score (nSPS) is 9.86. The largest absolute Gasteiger partial charge is 0.449 e. The first-order valence-corrected chi connectivity index (χ1v) is 2.94. The number of hydrogen-bond donors (Lipinski definition) is 1. The molecule has 0 atom stereocenters. The van der Waals surface area contributed by atoms with Gasteiger partial charge in [0.05, 0.1) is 0 Å². The lowest BCUT2D eigenvalue weighted by molar-refractivity contribution is -0.393. The van der Waals surface area contributed by atoms with Crippen molar-refractivity contribution in [3.05, 3.63) is 20.2 Å². The number of rotatable bonds is 3. The Hall–Kier alpha value is -2.33. The summed E-state index contributed by atoms with van der Waals surface area (Å²) in [5, 5.41) is 22.8. The number of H-pyrrole nitrogens is 1. The minimum Gasteiger partial charge on any atom is -0.358 e. The molecule has 0 aliphatic heterocycles.